The molecule has 2 aliphatic rings. The van der Waals surface area contributed by atoms with E-state index in [4.69, 9.17) is 4.74 Å². The maximum atomic E-state index is 11.1. The highest BCUT2D eigenvalue weighted by Crippen LogP contribution is 2.43. The molecule has 110 valence electrons. The molecular formula is C17H25NO2. The van der Waals surface area contributed by atoms with Crippen LogP contribution in [0, 0.1) is 0 Å². The van der Waals surface area contributed by atoms with Crippen LogP contribution in [0.25, 0.3) is 0 Å². The Morgan fingerprint density at radius 1 is 1.25 bits per heavy atom. The maximum Gasteiger partial charge on any atom is 0.119 e. The highest BCUT2D eigenvalue weighted by Gasteiger charge is 2.41. The number of aliphatic hydroxyl groups is 1. The topological polar surface area (TPSA) is 32.7 Å². The zero-order valence-corrected chi connectivity index (χ0v) is 12.6. The van der Waals surface area contributed by atoms with Crippen molar-refractivity contribution in [3.63, 3.8) is 0 Å². The number of hydrogen-bond donors (Lipinski definition) is 1. The SMILES string of the molecule is COc1ccc2c(c1)CN(C)CC2C1(O)CCCCC1. The Morgan fingerprint density at radius 2 is 2.00 bits per heavy atom. The lowest BCUT2D eigenvalue weighted by atomic mass is 9.70. The van der Waals surface area contributed by atoms with Crippen LogP contribution in [0.2, 0.25) is 0 Å². The normalized spacial score (nSPS) is 26.1. The highest BCUT2D eigenvalue weighted by molar-refractivity contribution is 5.41. The summed E-state index contributed by atoms with van der Waals surface area (Å²) in [7, 11) is 3.85. The molecule has 3 heteroatoms. The highest BCUT2D eigenvalue weighted by atomic mass is 16.5. The minimum absolute atomic E-state index is 0.238. The Labute approximate surface area is 121 Å². The summed E-state index contributed by atoms with van der Waals surface area (Å²) in [5.41, 5.74) is 2.12. The monoisotopic (exact) mass is 275 g/mol. The van der Waals surface area contributed by atoms with Gasteiger partial charge in [0.25, 0.3) is 0 Å². The van der Waals surface area contributed by atoms with Crippen LogP contribution in [-0.4, -0.2) is 36.3 Å². The molecule has 1 N–H and O–H groups in total. The number of likely N-dealkylation sites (N-methyl/N-ethyl adjacent to an activating group) is 1. The van der Waals surface area contributed by atoms with Crippen molar-refractivity contribution in [2.24, 2.45) is 0 Å². The van der Waals surface area contributed by atoms with Crippen molar-refractivity contribution >= 4 is 0 Å². The molecule has 3 rings (SSSR count). The lowest BCUT2D eigenvalue weighted by molar-refractivity contribution is -0.0333. The molecule has 0 aromatic heterocycles. The van der Waals surface area contributed by atoms with E-state index in [-0.39, 0.29) is 5.92 Å². The minimum Gasteiger partial charge on any atom is -0.497 e. The first-order valence-electron chi connectivity index (χ1n) is 7.70. The van der Waals surface area contributed by atoms with Crippen molar-refractivity contribution in [3.05, 3.63) is 29.3 Å². The quantitative estimate of drug-likeness (QED) is 0.901. The van der Waals surface area contributed by atoms with Crippen molar-refractivity contribution in [1.82, 2.24) is 4.90 Å². The van der Waals surface area contributed by atoms with E-state index in [1.54, 1.807) is 7.11 Å². The maximum absolute atomic E-state index is 11.1. The fourth-order valence-electron chi connectivity index (χ4n) is 3.92. The molecule has 1 heterocycles. The molecule has 1 saturated carbocycles. The van der Waals surface area contributed by atoms with E-state index in [1.165, 1.54) is 17.5 Å². The molecule has 0 radical (unpaired) electrons. The standard InChI is InChI=1S/C17H25NO2/c1-18-11-13-10-14(20-2)6-7-15(13)16(12-18)17(19)8-4-3-5-9-17/h6-7,10,16,19H,3-5,8-9,11-12H2,1-2H3. The predicted molar refractivity (Wildman–Crippen MR) is 80.1 cm³/mol. The van der Waals surface area contributed by atoms with Gasteiger partial charge in [-0.3, -0.25) is 0 Å². The summed E-state index contributed by atoms with van der Waals surface area (Å²) in [4.78, 5) is 2.32. The summed E-state index contributed by atoms with van der Waals surface area (Å²) in [5.74, 6) is 1.15. The summed E-state index contributed by atoms with van der Waals surface area (Å²) in [6, 6.07) is 6.33. The van der Waals surface area contributed by atoms with Gasteiger partial charge in [-0.05, 0) is 43.1 Å². The Bertz CT molecular complexity index is 480. The molecule has 20 heavy (non-hydrogen) atoms. The average Bonchev–Trinajstić information content (AvgIpc) is 2.46. The van der Waals surface area contributed by atoms with Crippen molar-refractivity contribution < 1.29 is 9.84 Å². The molecule has 1 aliphatic carbocycles. The van der Waals surface area contributed by atoms with Crippen LogP contribution < -0.4 is 4.74 Å². The number of ether oxygens (including phenoxy) is 1. The second-order valence-electron chi connectivity index (χ2n) is 6.48. The van der Waals surface area contributed by atoms with Gasteiger partial charge in [0.15, 0.2) is 0 Å². The Balaban J connectivity index is 1.97. The van der Waals surface area contributed by atoms with Crippen LogP contribution in [0.3, 0.4) is 0 Å². The van der Waals surface area contributed by atoms with Gasteiger partial charge in [-0.2, -0.15) is 0 Å². The third-order valence-electron chi connectivity index (χ3n) is 5.03. The zero-order valence-electron chi connectivity index (χ0n) is 12.6. The molecule has 1 unspecified atom stereocenters. The zero-order chi connectivity index (χ0) is 14.2. The molecule has 1 aliphatic heterocycles. The van der Waals surface area contributed by atoms with Gasteiger partial charge in [-0.1, -0.05) is 25.3 Å². The van der Waals surface area contributed by atoms with Gasteiger partial charge in [0.05, 0.1) is 12.7 Å². The first-order valence-corrected chi connectivity index (χ1v) is 7.70. The molecule has 1 aromatic rings. The summed E-state index contributed by atoms with van der Waals surface area (Å²) in [5, 5.41) is 11.1. The Morgan fingerprint density at radius 3 is 2.70 bits per heavy atom. The van der Waals surface area contributed by atoms with Crippen LogP contribution in [0.1, 0.15) is 49.1 Å². The van der Waals surface area contributed by atoms with Gasteiger partial charge in [-0.15, -0.1) is 0 Å². The first kappa shape index (κ1) is 13.9. The average molecular weight is 275 g/mol. The summed E-state index contributed by atoms with van der Waals surface area (Å²) >= 11 is 0. The third kappa shape index (κ3) is 2.45. The third-order valence-corrected chi connectivity index (χ3v) is 5.03. The van der Waals surface area contributed by atoms with E-state index in [0.29, 0.717) is 0 Å². The van der Waals surface area contributed by atoms with Crippen molar-refractivity contribution in [2.45, 2.75) is 50.2 Å². The minimum atomic E-state index is -0.518. The Hall–Kier alpha value is -1.06. The van der Waals surface area contributed by atoms with E-state index in [0.717, 1.165) is 44.5 Å². The van der Waals surface area contributed by atoms with Gasteiger partial charge in [0, 0.05) is 19.0 Å². The van der Waals surface area contributed by atoms with Crippen LogP contribution in [-0.2, 0) is 6.54 Å². The van der Waals surface area contributed by atoms with Crippen molar-refractivity contribution in [3.8, 4) is 5.75 Å². The van der Waals surface area contributed by atoms with Gasteiger partial charge >= 0.3 is 0 Å². The molecule has 0 saturated heterocycles. The molecular weight excluding hydrogens is 250 g/mol. The van der Waals surface area contributed by atoms with E-state index in [9.17, 15) is 5.11 Å². The fraction of sp³-hybridized carbons (Fsp3) is 0.647. The number of rotatable bonds is 2. The second-order valence-corrected chi connectivity index (χ2v) is 6.48. The second kappa shape index (κ2) is 5.38. The first-order chi connectivity index (χ1) is 9.62. The number of nitrogens with zero attached hydrogens (tertiary/aromatic N) is 1. The molecule has 1 aromatic carbocycles. The molecule has 1 atom stereocenters. The van der Waals surface area contributed by atoms with Gasteiger partial charge in [0.1, 0.15) is 5.75 Å². The number of benzene rings is 1. The van der Waals surface area contributed by atoms with Crippen LogP contribution in [0.15, 0.2) is 18.2 Å². The number of hydrogen-bond acceptors (Lipinski definition) is 3. The summed E-state index contributed by atoms with van der Waals surface area (Å²) < 4.78 is 5.34. The molecule has 1 fully saturated rings. The lowest BCUT2D eigenvalue weighted by Crippen LogP contribution is -2.46. The van der Waals surface area contributed by atoms with Crippen LogP contribution in [0.4, 0.5) is 0 Å². The largest absolute Gasteiger partial charge is 0.497 e. The van der Waals surface area contributed by atoms with E-state index < -0.39 is 5.60 Å². The molecule has 3 nitrogen and oxygen atoms in total. The van der Waals surface area contributed by atoms with E-state index in [2.05, 4.69) is 24.1 Å². The van der Waals surface area contributed by atoms with Gasteiger partial charge < -0.3 is 14.7 Å². The van der Waals surface area contributed by atoms with Crippen molar-refractivity contribution in [2.75, 3.05) is 20.7 Å². The summed E-state index contributed by atoms with van der Waals surface area (Å²) in [6.45, 7) is 1.90. The predicted octanol–water partition coefficient (Wildman–Crippen LogP) is 2.92. The Kier molecular flexibility index (Phi) is 3.74. The molecule has 0 bridgehead atoms. The number of fused-ring (bicyclic) bond motifs is 1. The van der Waals surface area contributed by atoms with E-state index >= 15 is 0 Å². The molecule has 0 amide bonds. The smallest absolute Gasteiger partial charge is 0.119 e. The molecule has 0 spiro atoms. The fourth-order valence-corrected chi connectivity index (χ4v) is 3.92. The van der Waals surface area contributed by atoms with Crippen molar-refractivity contribution in [1.29, 1.82) is 0 Å². The van der Waals surface area contributed by atoms with Crippen LogP contribution >= 0.6 is 0 Å². The lowest BCUT2D eigenvalue weighted by Gasteiger charge is -2.44. The van der Waals surface area contributed by atoms with Gasteiger partial charge in [0.2, 0.25) is 0 Å². The number of methoxy groups -OCH3 is 1. The van der Waals surface area contributed by atoms with E-state index in [1.807, 2.05) is 6.07 Å². The van der Waals surface area contributed by atoms with Crippen LogP contribution in [0.5, 0.6) is 5.75 Å². The van der Waals surface area contributed by atoms with Gasteiger partial charge in [-0.25, -0.2) is 0 Å². The summed E-state index contributed by atoms with van der Waals surface area (Å²) in [6.07, 6.45) is 5.46.